The van der Waals surface area contributed by atoms with E-state index in [4.69, 9.17) is 7.85 Å². The number of amides is 1. The van der Waals surface area contributed by atoms with Gasteiger partial charge in [0.2, 0.25) is 0 Å². The van der Waals surface area contributed by atoms with Gasteiger partial charge in [0.05, 0.1) is 11.1 Å². The molecule has 1 aromatic carbocycles. The molecule has 2 aromatic rings. The van der Waals surface area contributed by atoms with Crippen LogP contribution in [0.1, 0.15) is 55.8 Å². The van der Waals surface area contributed by atoms with Crippen molar-refractivity contribution in [1.29, 1.82) is 0 Å². The molecule has 126 valence electrons. The first-order chi connectivity index (χ1) is 11.6. The van der Waals surface area contributed by atoms with Crippen molar-refractivity contribution in [2.75, 3.05) is 6.54 Å². The van der Waals surface area contributed by atoms with Crippen LogP contribution >= 0.6 is 0 Å². The average Bonchev–Trinajstić information content (AvgIpc) is 2.74. The summed E-state index contributed by atoms with van der Waals surface area (Å²) >= 11 is 0. The first-order valence-corrected chi connectivity index (χ1v) is 8.96. The third kappa shape index (κ3) is 3.50. The predicted octanol–water partition coefficient (Wildman–Crippen LogP) is 3.29. The number of aryl methyl sites for hydroxylation is 1. The van der Waals surface area contributed by atoms with Gasteiger partial charge in [0, 0.05) is 24.7 Å². The molecule has 0 atom stereocenters. The van der Waals surface area contributed by atoms with Gasteiger partial charge in [-0.2, -0.15) is 0 Å². The van der Waals surface area contributed by atoms with Crippen molar-refractivity contribution >= 4 is 30.1 Å². The van der Waals surface area contributed by atoms with Crippen LogP contribution in [0.2, 0.25) is 0 Å². The van der Waals surface area contributed by atoms with Crippen molar-refractivity contribution in [3.05, 3.63) is 29.7 Å². The molecule has 0 bridgehead atoms. The summed E-state index contributed by atoms with van der Waals surface area (Å²) < 4.78 is 15.5. The Labute approximate surface area is 144 Å². The molecule has 0 saturated heterocycles. The van der Waals surface area contributed by atoms with E-state index in [-0.39, 0.29) is 11.7 Å². The Bertz CT molecular complexity index is 733. The highest BCUT2D eigenvalue weighted by atomic mass is 19.1. The quantitative estimate of drug-likeness (QED) is 0.679. The molecule has 1 fully saturated rings. The summed E-state index contributed by atoms with van der Waals surface area (Å²) in [6, 6.07) is 2.72. The van der Waals surface area contributed by atoms with E-state index in [9.17, 15) is 9.18 Å². The van der Waals surface area contributed by atoms with Crippen molar-refractivity contribution in [3.63, 3.8) is 0 Å². The molecular formula is C19H24BFN2O. The van der Waals surface area contributed by atoms with Crippen LogP contribution in [0.15, 0.2) is 18.3 Å². The largest absolute Gasteiger partial charge is 0.352 e. The Hall–Kier alpha value is -1.78. The van der Waals surface area contributed by atoms with Crippen molar-refractivity contribution in [3.8, 4) is 0 Å². The monoisotopic (exact) mass is 326 g/mol. The Balaban J connectivity index is 1.81. The second kappa shape index (κ2) is 7.41. The van der Waals surface area contributed by atoms with Gasteiger partial charge in [-0.3, -0.25) is 4.79 Å². The molecule has 1 aliphatic rings. The minimum Gasteiger partial charge on any atom is -0.352 e. The fourth-order valence-electron chi connectivity index (χ4n) is 3.76. The zero-order valence-electron chi connectivity index (χ0n) is 14.3. The number of carbonyl (C=O) groups is 1. The maximum atomic E-state index is 13.7. The summed E-state index contributed by atoms with van der Waals surface area (Å²) in [6.07, 6.45) is 9.26. The van der Waals surface area contributed by atoms with Gasteiger partial charge in [-0.25, -0.2) is 4.39 Å². The summed E-state index contributed by atoms with van der Waals surface area (Å²) in [5, 5.41) is 3.72. The Kier molecular flexibility index (Phi) is 5.27. The predicted molar refractivity (Wildman–Crippen MR) is 96.5 cm³/mol. The van der Waals surface area contributed by atoms with Gasteiger partial charge < -0.3 is 9.88 Å². The van der Waals surface area contributed by atoms with Gasteiger partial charge >= 0.3 is 0 Å². The fraction of sp³-hybridized carbons (Fsp3) is 0.526. The molecule has 1 aliphatic carbocycles. The number of hydrogen-bond donors (Lipinski definition) is 1. The van der Waals surface area contributed by atoms with E-state index in [1.165, 1.54) is 50.7 Å². The van der Waals surface area contributed by atoms with Crippen LogP contribution < -0.4 is 10.8 Å². The zero-order chi connectivity index (χ0) is 17.1. The third-order valence-electron chi connectivity index (χ3n) is 5.09. The molecule has 1 saturated carbocycles. The van der Waals surface area contributed by atoms with Crippen molar-refractivity contribution < 1.29 is 9.18 Å². The fourth-order valence-corrected chi connectivity index (χ4v) is 3.76. The molecule has 0 spiro atoms. The van der Waals surface area contributed by atoms with Gasteiger partial charge in [0.25, 0.3) is 5.91 Å². The molecule has 0 unspecified atom stereocenters. The molecule has 24 heavy (non-hydrogen) atoms. The normalized spacial score (nSPS) is 16.2. The molecule has 0 aliphatic heterocycles. The van der Waals surface area contributed by atoms with Crippen LogP contribution in [0, 0.1) is 11.7 Å². The lowest BCUT2D eigenvalue weighted by Crippen LogP contribution is -2.29. The number of nitrogens with zero attached hydrogens (tertiary/aromatic N) is 1. The lowest BCUT2D eigenvalue weighted by atomic mass is 9.90. The van der Waals surface area contributed by atoms with E-state index in [1.807, 2.05) is 11.5 Å². The zero-order valence-corrected chi connectivity index (χ0v) is 14.3. The highest BCUT2D eigenvalue weighted by Crippen LogP contribution is 2.23. The highest BCUT2D eigenvalue weighted by Gasteiger charge is 2.19. The number of benzene rings is 1. The van der Waals surface area contributed by atoms with E-state index < -0.39 is 0 Å². The number of halogens is 1. The van der Waals surface area contributed by atoms with Crippen LogP contribution in [0.5, 0.6) is 0 Å². The van der Waals surface area contributed by atoms with E-state index in [0.717, 1.165) is 0 Å². The standard InChI is InChI=1S/C19H24BFN2O/c1-2-23-12-15(18-16(20)9-14(21)10-17(18)23)19(24)22-11-13-7-5-3-4-6-8-13/h9-10,12-13H,2-8,11H2,1H3,(H,22,24). The lowest BCUT2D eigenvalue weighted by molar-refractivity contribution is 0.0947. The Morgan fingerprint density at radius 1 is 1.29 bits per heavy atom. The van der Waals surface area contributed by atoms with Crippen LogP contribution in [-0.2, 0) is 6.54 Å². The summed E-state index contributed by atoms with van der Waals surface area (Å²) in [5.74, 6) is 0.0683. The summed E-state index contributed by atoms with van der Waals surface area (Å²) in [4.78, 5) is 12.7. The number of nitrogens with one attached hydrogen (secondary N) is 1. The average molecular weight is 326 g/mol. The van der Waals surface area contributed by atoms with Crippen molar-refractivity contribution in [2.24, 2.45) is 5.92 Å². The van der Waals surface area contributed by atoms with E-state index >= 15 is 0 Å². The number of aromatic nitrogens is 1. The lowest BCUT2D eigenvalue weighted by Gasteiger charge is -2.14. The first kappa shape index (κ1) is 17.1. The van der Waals surface area contributed by atoms with Crippen LogP contribution in [0.4, 0.5) is 4.39 Å². The maximum Gasteiger partial charge on any atom is 0.253 e. The van der Waals surface area contributed by atoms with Gasteiger partial charge in [-0.1, -0.05) is 31.1 Å². The number of carbonyl (C=O) groups excluding carboxylic acids is 1. The second-order valence-corrected chi connectivity index (χ2v) is 6.79. The van der Waals surface area contributed by atoms with Crippen LogP contribution in [0.3, 0.4) is 0 Å². The molecule has 2 radical (unpaired) electrons. The topological polar surface area (TPSA) is 34.0 Å². The van der Waals surface area contributed by atoms with E-state index in [1.54, 1.807) is 6.20 Å². The van der Waals surface area contributed by atoms with Crippen LogP contribution in [0.25, 0.3) is 10.9 Å². The molecule has 5 heteroatoms. The minimum atomic E-state index is -0.377. The smallest absolute Gasteiger partial charge is 0.253 e. The summed E-state index contributed by atoms with van der Waals surface area (Å²) in [5.41, 5.74) is 1.53. The molecule has 1 aromatic heterocycles. The van der Waals surface area contributed by atoms with Gasteiger partial charge in [0.1, 0.15) is 13.7 Å². The molecule has 1 heterocycles. The molecular weight excluding hydrogens is 302 g/mol. The summed E-state index contributed by atoms with van der Waals surface area (Å²) in [6.45, 7) is 3.34. The van der Waals surface area contributed by atoms with Crippen LogP contribution in [-0.4, -0.2) is 24.9 Å². The third-order valence-corrected chi connectivity index (χ3v) is 5.09. The van der Waals surface area contributed by atoms with Gasteiger partial charge in [-0.05, 0) is 37.8 Å². The molecule has 3 rings (SSSR count). The first-order valence-electron chi connectivity index (χ1n) is 8.96. The molecule has 3 nitrogen and oxygen atoms in total. The van der Waals surface area contributed by atoms with Crippen molar-refractivity contribution in [2.45, 2.75) is 52.0 Å². The second-order valence-electron chi connectivity index (χ2n) is 6.79. The van der Waals surface area contributed by atoms with Gasteiger partial charge in [-0.15, -0.1) is 0 Å². The van der Waals surface area contributed by atoms with E-state index in [2.05, 4.69) is 5.32 Å². The number of fused-ring (bicyclic) bond motifs is 1. The minimum absolute atomic E-state index is 0.116. The molecule has 1 N–H and O–H groups in total. The Morgan fingerprint density at radius 3 is 2.67 bits per heavy atom. The SMILES string of the molecule is [B]c1cc(F)cc2c1c(C(=O)NCC1CCCCCC1)cn2CC. The molecule has 1 amide bonds. The van der Waals surface area contributed by atoms with Gasteiger partial charge in [0.15, 0.2) is 0 Å². The summed E-state index contributed by atoms with van der Waals surface area (Å²) in [7, 11) is 5.99. The van der Waals surface area contributed by atoms with E-state index in [0.29, 0.717) is 40.9 Å². The number of rotatable bonds is 4. The number of hydrogen-bond acceptors (Lipinski definition) is 1. The Morgan fingerprint density at radius 2 is 2.00 bits per heavy atom. The van der Waals surface area contributed by atoms with Crippen molar-refractivity contribution in [1.82, 2.24) is 9.88 Å². The maximum absolute atomic E-state index is 13.7. The highest BCUT2D eigenvalue weighted by molar-refractivity contribution is 6.40.